The van der Waals surface area contributed by atoms with Crippen molar-refractivity contribution in [1.29, 1.82) is 0 Å². The van der Waals surface area contributed by atoms with Gasteiger partial charge in [0.2, 0.25) is 0 Å². The van der Waals surface area contributed by atoms with E-state index >= 15 is 0 Å². The fourth-order valence-electron chi connectivity index (χ4n) is 2.08. The Bertz CT molecular complexity index is 329. The summed E-state index contributed by atoms with van der Waals surface area (Å²) in [5, 5.41) is 12.8. The number of nitrogens with zero attached hydrogens (tertiary/aromatic N) is 1. The fraction of sp³-hybridized carbons (Fsp3) is 0.625. The molecule has 2 unspecified atom stereocenters. The molecule has 0 fully saturated rings. The highest BCUT2D eigenvalue weighted by Gasteiger charge is 2.13. The first-order valence-corrected chi connectivity index (χ1v) is 7.28. The van der Waals surface area contributed by atoms with Gasteiger partial charge in [0.15, 0.2) is 0 Å². The first-order valence-electron chi connectivity index (χ1n) is 7.28. The van der Waals surface area contributed by atoms with Crippen molar-refractivity contribution >= 4 is 0 Å². The Labute approximate surface area is 117 Å². The molecule has 0 aliphatic rings. The minimum atomic E-state index is 0.217. The Morgan fingerprint density at radius 1 is 1.26 bits per heavy atom. The van der Waals surface area contributed by atoms with Gasteiger partial charge < -0.3 is 15.3 Å². The molecule has 2 N–H and O–H groups in total. The molecule has 0 saturated carbocycles. The van der Waals surface area contributed by atoms with Crippen molar-refractivity contribution in [2.45, 2.75) is 38.8 Å². The second-order valence-electron chi connectivity index (χ2n) is 5.22. The maximum Gasteiger partial charge on any atom is 0.0584 e. The zero-order chi connectivity index (χ0) is 14.1. The van der Waals surface area contributed by atoms with Crippen LogP contribution in [0.2, 0.25) is 0 Å². The maximum atomic E-state index is 9.17. The van der Waals surface area contributed by atoms with Gasteiger partial charge in [-0.25, -0.2) is 0 Å². The Morgan fingerprint density at radius 3 is 2.53 bits per heavy atom. The molecular weight excluding hydrogens is 236 g/mol. The van der Waals surface area contributed by atoms with Crippen LogP contribution in [0.4, 0.5) is 0 Å². The molecule has 108 valence electrons. The number of rotatable bonds is 9. The largest absolute Gasteiger partial charge is 0.395 e. The molecule has 19 heavy (non-hydrogen) atoms. The lowest BCUT2D eigenvalue weighted by Crippen LogP contribution is -2.35. The van der Waals surface area contributed by atoms with Gasteiger partial charge in [-0.3, -0.25) is 0 Å². The van der Waals surface area contributed by atoms with Crippen LogP contribution in [0.25, 0.3) is 0 Å². The molecule has 0 amide bonds. The number of benzene rings is 1. The molecule has 3 nitrogen and oxygen atoms in total. The molecule has 0 aliphatic heterocycles. The number of aliphatic hydroxyl groups excluding tert-OH is 1. The summed E-state index contributed by atoms with van der Waals surface area (Å²) in [6.45, 7) is 6.48. The normalized spacial score (nSPS) is 14.6. The van der Waals surface area contributed by atoms with Crippen LogP contribution in [-0.4, -0.2) is 42.8 Å². The zero-order valence-corrected chi connectivity index (χ0v) is 12.5. The van der Waals surface area contributed by atoms with Crippen LogP contribution >= 0.6 is 0 Å². The molecule has 0 spiro atoms. The molecule has 0 saturated heterocycles. The molecule has 0 aliphatic carbocycles. The van der Waals surface area contributed by atoms with Gasteiger partial charge in [-0.05, 0) is 38.9 Å². The van der Waals surface area contributed by atoms with Crippen molar-refractivity contribution in [1.82, 2.24) is 10.2 Å². The van der Waals surface area contributed by atoms with Gasteiger partial charge in [0, 0.05) is 18.6 Å². The number of aliphatic hydroxyl groups is 1. The second kappa shape index (κ2) is 9.08. The first-order chi connectivity index (χ1) is 9.19. The van der Waals surface area contributed by atoms with E-state index in [1.165, 1.54) is 5.56 Å². The molecule has 1 aromatic carbocycles. The highest BCUT2D eigenvalue weighted by Crippen LogP contribution is 2.17. The number of likely N-dealkylation sites (N-methyl/N-ethyl adjacent to an activating group) is 1. The van der Waals surface area contributed by atoms with Gasteiger partial charge in [0.1, 0.15) is 0 Å². The van der Waals surface area contributed by atoms with E-state index in [1.807, 2.05) is 0 Å². The zero-order valence-electron chi connectivity index (χ0n) is 12.5. The van der Waals surface area contributed by atoms with E-state index in [4.69, 9.17) is 0 Å². The van der Waals surface area contributed by atoms with Crippen LogP contribution in [-0.2, 0) is 0 Å². The van der Waals surface area contributed by atoms with E-state index in [0.29, 0.717) is 6.04 Å². The molecule has 1 aromatic rings. The average molecular weight is 264 g/mol. The van der Waals surface area contributed by atoms with Crippen LogP contribution < -0.4 is 5.32 Å². The van der Waals surface area contributed by atoms with Gasteiger partial charge in [0.05, 0.1) is 6.61 Å². The van der Waals surface area contributed by atoms with E-state index in [0.717, 1.165) is 25.9 Å². The van der Waals surface area contributed by atoms with Gasteiger partial charge in [-0.2, -0.15) is 0 Å². The van der Waals surface area contributed by atoms with E-state index in [1.54, 1.807) is 0 Å². The lowest BCUT2D eigenvalue weighted by atomic mass is 10.0. The van der Waals surface area contributed by atoms with Crippen molar-refractivity contribution in [3.63, 3.8) is 0 Å². The van der Waals surface area contributed by atoms with Crippen LogP contribution in [0.15, 0.2) is 30.3 Å². The third-order valence-electron chi connectivity index (χ3n) is 3.63. The summed E-state index contributed by atoms with van der Waals surface area (Å²) in [5.41, 5.74) is 1.35. The summed E-state index contributed by atoms with van der Waals surface area (Å²) in [6, 6.07) is 11.2. The Morgan fingerprint density at radius 2 is 1.95 bits per heavy atom. The highest BCUT2D eigenvalue weighted by atomic mass is 16.3. The highest BCUT2D eigenvalue weighted by molar-refractivity contribution is 5.18. The van der Waals surface area contributed by atoms with Gasteiger partial charge >= 0.3 is 0 Å². The number of hydrogen-bond donors (Lipinski definition) is 2. The SMILES string of the molecule is CCCNC(CCN(C)C(C)CO)c1ccccc1. The average Bonchev–Trinajstić information content (AvgIpc) is 2.47. The van der Waals surface area contributed by atoms with E-state index in [2.05, 4.69) is 61.4 Å². The third kappa shape index (κ3) is 5.72. The molecule has 0 radical (unpaired) electrons. The summed E-state index contributed by atoms with van der Waals surface area (Å²) in [5.74, 6) is 0. The lowest BCUT2D eigenvalue weighted by Gasteiger charge is -2.26. The fourth-order valence-corrected chi connectivity index (χ4v) is 2.08. The van der Waals surface area contributed by atoms with Crippen molar-refractivity contribution < 1.29 is 5.11 Å². The second-order valence-corrected chi connectivity index (χ2v) is 5.22. The number of hydrogen-bond acceptors (Lipinski definition) is 3. The van der Waals surface area contributed by atoms with E-state index in [-0.39, 0.29) is 12.6 Å². The summed E-state index contributed by atoms with van der Waals surface area (Å²) in [7, 11) is 2.07. The Balaban J connectivity index is 2.55. The van der Waals surface area contributed by atoms with Gasteiger partial charge in [0.25, 0.3) is 0 Å². The van der Waals surface area contributed by atoms with Crippen molar-refractivity contribution in [3.8, 4) is 0 Å². The lowest BCUT2D eigenvalue weighted by molar-refractivity contribution is 0.154. The van der Waals surface area contributed by atoms with Crippen molar-refractivity contribution in [2.24, 2.45) is 0 Å². The maximum absolute atomic E-state index is 9.17. The monoisotopic (exact) mass is 264 g/mol. The smallest absolute Gasteiger partial charge is 0.0584 e. The molecule has 1 rings (SSSR count). The minimum absolute atomic E-state index is 0.217. The van der Waals surface area contributed by atoms with Crippen LogP contribution in [0.5, 0.6) is 0 Å². The van der Waals surface area contributed by atoms with E-state index in [9.17, 15) is 5.11 Å². The summed E-state index contributed by atoms with van der Waals surface area (Å²) >= 11 is 0. The van der Waals surface area contributed by atoms with Crippen LogP contribution in [0.1, 0.15) is 38.3 Å². The molecule has 2 atom stereocenters. The molecular formula is C16H28N2O. The summed E-state index contributed by atoms with van der Waals surface area (Å²) in [4.78, 5) is 2.21. The summed E-state index contributed by atoms with van der Waals surface area (Å²) < 4.78 is 0. The van der Waals surface area contributed by atoms with Crippen LogP contribution in [0.3, 0.4) is 0 Å². The molecule has 0 bridgehead atoms. The third-order valence-corrected chi connectivity index (χ3v) is 3.63. The predicted molar refractivity (Wildman–Crippen MR) is 81.3 cm³/mol. The Kier molecular flexibility index (Phi) is 7.72. The predicted octanol–water partition coefficient (Wildman–Crippen LogP) is 2.43. The van der Waals surface area contributed by atoms with Gasteiger partial charge in [-0.15, -0.1) is 0 Å². The van der Waals surface area contributed by atoms with Crippen molar-refractivity contribution in [3.05, 3.63) is 35.9 Å². The standard InChI is InChI=1S/C16H28N2O/c1-4-11-17-16(15-8-6-5-7-9-15)10-12-18(3)14(2)13-19/h5-9,14,16-17,19H,4,10-13H2,1-3H3. The first kappa shape index (κ1) is 16.2. The summed E-state index contributed by atoms with van der Waals surface area (Å²) in [6.07, 6.45) is 2.21. The topological polar surface area (TPSA) is 35.5 Å². The van der Waals surface area contributed by atoms with E-state index < -0.39 is 0 Å². The Hall–Kier alpha value is -0.900. The van der Waals surface area contributed by atoms with Crippen molar-refractivity contribution in [2.75, 3.05) is 26.7 Å². The molecule has 3 heteroatoms. The minimum Gasteiger partial charge on any atom is -0.395 e. The quantitative estimate of drug-likeness (QED) is 0.719. The molecule has 0 aromatic heterocycles. The van der Waals surface area contributed by atoms with Crippen LogP contribution in [0, 0.1) is 0 Å². The van der Waals surface area contributed by atoms with Gasteiger partial charge in [-0.1, -0.05) is 37.3 Å². The number of nitrogens with one attached hydrogen (secondary N) is 1. The molecule has 0 heterocycles.